The highest BCUT2D eigenvalue weighted by Gasteiger charge is 2.21. The highest BCUT2D eigenvalue weighted by Crippen LogP contribution is 2.25. The minimum absolute atomic E-state index is 0.248. The minimum atomic E-state index is 0.248. The van der Waals surface area contributed by atoms with Crippen LogP contribution in [0.25, 0.3) is 10.9 Å². The molecule has 0 spiro atoms. The van der Waals surface area contributed by atoms with Crippen LogP contribution in [0.5, 0.6) is 0 Å². The Kier molecular flexibility index (Phi) is 4.01. The number of hydrogen-bond acceptors (Lipinski definition) is 3. The molecule has 4 heteroatoms. The molecule has 2 aromatic rings. The number of carbonyl (C=O) groups excluding carboxylic acids is 1. The van der Waals surface area contributed by atoms with Gasteiger partial charge in [-0.2, -0.15) is 0 Å². The Hall–Kier alpha value is -2.10. The van der Waals surface area contributed by atoms with Crippen LogP contribution in [0.15, 0.2) is 24.3 Å². The molecule has 1 aliphatic heterocycles. The number of carbonyl (C=O) groups is 1. The van der Waals surface area contributed by atoms with Gasteiger partial charge in [0.2, 0.25) is 5.91 Å². The Bertz CT molecular complexity index is 703. The summed E-state index contributed by atoms with van der Waals surface area (Å²) < 4.78 is 0. The number of aryl methyl sites for hydroxylation is 2. The van der Waals surface area contributed by atoms with E-state index in [0.717, 1.165) is 37.5 Å². The van der Waals surface area contributed by atoms with E-state index < -0.39 is 0 Å². The molecule has 1 aliphatic rings. The first-order valence-corrected chi connectivity index (χ1v) is 8.00. The Labute approximate surface area is 131 Å². The second kappa shape index (κ2) is 5.95. The van der Waals surface area contributed by atoms with Crippen molar-refractivity contribution in [1.82, 2.24) is 9.88 Å². The summed E-state index contributed by atoms with van der Waals surface area (Å²) in [4.78, 5) is 20.9. The molecule has 0 unspecified atom stereocenters. The Morgan fingerprint density at radius 3 is 2.55 bits per heavy atom. The zero-order valence-electron chi connectivity index (χ0n) is 13.6. The maximum Gasteiger partial charge on any atom is 0.222 e. The third kappa shape index (κ3) is 2.65. The van der Waals surface area contributed by atoms with E-state index in [-0.39, 0.29) is 5.91 Å². The van der Waals surface area contributed by atoms with Gasteiger partial charge in [-0.05, 0) is 31.0 Å². The molecule has 1 saturated heterocycles. The normalized spacial score (nSPS) is 15.4. The van der Waals surface area contributed by atoms with Gasteiger partial charge in [-0.15, -0.1) is 0 Å². The van der Waals surface area contributed by atoms with Crippen molar-refractivity contribution in [3.63, 3.8) is 0 Å². The van der Waals surface area contributed by atoms with Crippen molar-refractivity contribution in [2.45, 2.75) is 27.2 Å². The fourth-order valence-electron chi connectivity index (χ4n) is 3.11. The maximum atomic E-state index is 11.8. The van der Waals surface area contributed by atoms with Gasteiger partial charge in [-0.1, -0.05) is 25.1 Å². The Morgan fingerprint density at radius 2 is 1.86 bits per heavy atom. The smallest absolute Gasteiger partial charge is 0.222 e. The van der Waals surface area contributed by atoms with Crippen molar-refractivity contribution in [2.24, 2.45) is 0 Å². The minimum Gasteiger partial charge on any atom is -0.353 e. The summed E-state index contributed by atoms with van der Waals surface area (Å²) in [5.74, 6) is 1.28. The van der Waals surface area contributed by atoms with Gasteiger partial charge in [0.1, 0.15) is 5.82 Å². The van der Waals surface area contributed by atoms with Crippen molar-refractivity contribution < 1.29 is 4.79 Å². The lowest BCUT2D eigenvalue weighted by Gasteiger charge is -2.35. The van der Waals surface area contributed by atoms with Crippen molar-refractivity contribution in [2.75, 3.05) is 31.1 Å². The molecule has 0 N–H and O–H groups in total. The molecule has 0 saturated carbocycles. The summed E-state index contributed by atoms with van der Waals surface area (Å²) in [6, 6.07) is 8.49. The topological polar surface area (TPSA) is 36.4 Å². The molecule has 0 radical (unpaired) electrons. The molecule has 116 valence electrons. The number of fused-ring (bicyclic) bond motifs is 1. The van der Waals surface area contributed by atoms with Crippen LogP contribution in [0.2, 0.25) is 0 Å². The predicted octanol–water partition coefficient (Wildman–Crippen LogP) is 2.91. The van der Waals surface area contributed by atoms with Crippen LogP contribution in [0, 0.1) is 13.8 Å². The van der Waals surface area contributed by atoms with E-state index in [2.05, 4.69) is 43.0 Å². The molecule has 0 bridgehead atoms. The molecule has 2 heterocycles. The molecule has 0 atom stereocenters. The summed E-state index contributed by atoms with van der Waals surface area (Å²) >= 11 is 0. The molecule has 22 heavy (non-hydrogen) atoms. The largest absolute Gasteiger partial charge is 0.353 e. The highest BCUT2D eigenvalue weighted by molar-refractivity contribution is 5.86. The number of nitrogens with zero attached hydrogens (tertiary/aromatic N) is 3. The van der Waals surface area contributed by atoms with Gasteiger partial charge in [0.15, 0.2) is 0 Å². The molecule has 1 aromatic carbocycles. The first-order chi connectivity index (χ1) is 10.6. The summed E-state index contributed by atoms with van der Waals surface area (Å²) in [6.07, 6.45) is 0.590. The zero-order chi connectivity index (χ0) is 15.7. The number of aromatic nitrogens is 1. The number of piperazine rings is 1. The van der Waals surface area contributed by atoms with Crippen molar-refractivity contribution >= 4 is 22.6 Å². The average Bonchev–Trinajstić information content (AvgIpc) is 2.55. The van der Waals surface area contributed by atoms with E-state index in [9.17, 15) is 4.79 Å². The first kappa shape index (κ1) is 14.8. The highest BCUT2D eigenvalue weighted by atomic mass is 16.2. The Balaban J connectivity index is 1.86. The second-order valence-corrected chi connectivity index (χ2v) is 5.99. The summed E-state index contributed by atoms with van der Waals surface area (Å²) in [5, 5.41) is 1.23. The number of pyridine rings is 1. The number of hydrogen-bond donors (Lipinski definition) is 0. The van der Waals surface area contributed by atoms with E-state index in [1.165, 1.54) is 16.5 Å². The maximum absolute atomic E-state index is 11.8. The van der Waals surface area contributed by atoms with Crippen molar-refractivity contribution in [3.8, 4) is 0 Å². The van der Waals surface area contributed by atoms with Crippen LogP contribution in [0.1, 0.15) is 24.5 Å². The van der Waals surface area contributed by atoms with E-state index in [1.54, 1.807) is 0 Å². The number of benzene rings is 1. The second-order valence-electron chi connectivity index (χ2n) is 5.99. The van der Waals surface area contributed by atoms with E-state index in [4.69, 9.17) is 4.98 Å². The zero-order valence-corrected chi connectivity index (χ0v) is 13.6. The van der Waals surface area contributed by atoms with Gasteiger partial charge in [-0.25, -0.2) is 4.98 Å². The molecular weight excluding hydrogens is 274 g/mol. The van der Waals surface area contributed by atoms with E-state index in [1.807, 2.05) is 11.8 Å². The van der Waals surface area contributed by atoms with Crippen LogP contribution in [0.3, 0.4) is 0 Å². The fourth-order valence-corrected chi connectivity index (χ4v) is 3.11. The summed E-state index contributed by atoms with van der Waals surface area (Å²) in [7, 11) is 0. The molecule has 0 aliphatic carbocycles. The molecule has 1 aromatic heterocycles. The van der Waals surface area contributed by atoms with E-state index in [0.29, 0.717) is 6.42 Å². The van der Waals surface area contributed by atoms with Crippen LogP contribution < -0.4 is 4.90 Å². The lowest BCUT2D eigenvalue weighted by atomic mass is 10.1. The van der Waals surface area contributed by atoms with Crippen LogP contribution >= 0.6 is 0 Å². The molecule has 4 nitrogen and oxygen atoms in total. The van der Waals surface area contributed by atoms with Crippen LogP contribution in [-0.2, 0) is 4.79 Å². The molecular formula is C18H23N3O. The third-order valence-electron chi connectivity index (χ3n) is 4.49. The standard InChI is InChI=1S/C18H23N3O/c1-4-17(22)21-10-8-20(9-11-21)16-12-14(3)15-7-5-6-13(2)18(15)19-16/h5-7,12H,4,8-11H2,1-3H3. The van der Waals surface area contributed by atoms with Crippen molar-refractivity contribution in [1.29, 1.82) is 0 Å². The Morgan fingerprint density at radius 1 is 1.14 bits per heavy atom. The number of para-hydroxylation sites is 1. The van der Waals surface area contributed by atoms with E-state index >= 15 is 0 Å². The predicted molar refractivity (Wildman–Crippen MR) is 90.3 cm³/mol. The number of amides is 1. The summed E-state index contributed by atoms with van der Waals surface area (Å²) in [5.41, 5.74) is 3.56. The molecule has 1 fully saturated rings. The fraction of sp³-hybridized carbons (Fsp3) is 0.444. The number of rotatable bonds is 2. The summed E-state index contributed by atoms with van der Waals surface area (Å²) in [6.45, 7) is 9.47. The molecule has 1 amide bonds. The SMILES string of the molecule is CCC(=O)N1CCN(c2cc(C)c3cccc(C)c3n2)CC1. The quantitative estimate of drug-likeness (QED) is 0.855. The number of anilines is 1. The van der Waals surface area contributed by atoms with Crippen LogP contribution in [-0.4, -0.2) is 42.0 Å². The molecule has 3 rings (SSSR count). The van der Waals surface area contributed by atoms with Gasteiger partial charge in [0, 0.05) is 38.0 Å². The first-order valence-electron chi connectivity index (χ1n) is 8.00. The van der Waals surface area contributed by atoms with Gasteiger partial charge in [0.05, 0.1) is 5.52 Å². The lowest BCUT2D eigenvalue weighted by Crippen LogP contribution is -2.48. The van der Waals surface area contributed by atoms with Gasteiger partial charge >= 0.3 is 0 Å². The average molecular weight is 297 g/mol. The van der Waals surface area contributed by atoms with Gasteiger partial charge in [-0.3, -0.25) is 4.79 Å². The van der Waals surface area contributed by atoms with Gasteiger partial charge < -0.3 is 9.80 Å². The third-order valence-corrected chi connectivity index (χ3v) is 4.49. The van der Waals surface area contributed by atoms with Crippen molar-refractivity contribution in [3.05, 3.63) is 35.4 Å². The lowest BCUT2D eigenvalue weighted by molar-refractivity contribution is -0.131. The monoisotopic (exact) mass is 297 g/mol. The van der Waals surface area contributed by atoms with Crippen LogP contribution in [0.4, 0.5) is 5.82 Å². The van der Waals surface area contributed by atoms with Gasteiger partial charge in [0.25, 0.3) is 0 Å².